The Morgan fingerprint density at radius 1 is 0.938 bits per heavy atom. The van der Waals surface area contributed by atoms with Crippen molar-refractivity contribution in [2.24, 2.45) is 10.8 Å². The van der Waals surface area contributed by atoms with Crippen molar-refractivity contribution in [3.8, 4) is 6.07 Å². The monoisotopic (exact) mass is 221 g/mol. The molecule has 1 atom stereocenters. The number of nitrogens with zero attached hydrogens (tertiary/aromatic N) is 1. The maximum absolute atomic E-state index is 11.1. The number of aliphatic hydroxyl groups is 1. The third-order valence-electron chi connectivity index (χ3n) is 5.17. The van der Waals surface area contributed by atoms with E-state index in [0.717, 1.165) is 44.9 Å². The van der Waals surface area contributed by atoms with Gasteiger partial charge in [0.1, 0.15) is 0 Å². The molecule has 2 saturated carbocycles. The van der Waals surface area contributed by atoms with E-state index in [-0.39, 0.29) is 5.41 Å². The first-order valence-corrected chi connectivity index (χ1v) is 6.61. The van der Waals surface area contributed by atoms with E-state index in [1.54, 1.807) is 0 Å². The molecule has 2 rings (SSSR count). The summed E-state index contributed by atoms with van der Waals surface area (Å²) in [5.41, 5.74) is -1.32. The first kappa shape index (κ1) is 11.9. The van der Waals surface area contributed by atoms with Crippen LogP contribution in [0.3, 0.4) is 0 Å². The Hall–Kier alpha value is -0.550. The number of hydrogen-bond acceptors (Lipinski definition) is 2. The second kappa shape index (κ2) is 3.74. The Kier molecular flexibility index (Phi) is 2.78. The van der Waals surface area contributed by atoms with Crippen molar-refractivity contribution >= 4 is 0 Å². The van der Waals surface area contributed by atoms with Crippen molar-refractivity contribution in [2.45, 2.75) is 70.8 Å². The van der Waals surface area contributed by atoms with Gasteiger partial charge in [-0.1, -0.05) is 33.1 Å². The minimum atomic E-state index is -0.755. The topological polar surface area (TPSA) is 44.0 Å². The summed E-state index contributed by atoms with van der Waals surface area (Å²) in [5, 5.41) is 20.7. The standard InChI is InChI=1S/C14H23NO/c1-12(2)7-6-10-14(12,16)13(11-15)8-4-3-5-9-13/h16H,3-10H2,1-2H3. The third-order valence-corrected chi connectivity index (χ3v) is 5.17. The molecule has 0 heterocycles. The number of rotatable bonds is 1. The number of nitriles is 1. The molecule has 0 aliphatic heterocycles. The molecule has 0 aromatic rings. The molecule has 0 bridgehead atoms. The first-order chi connectivity index (χ1) is 7.47. The predicted octanol–water partition coefficient (Wildman–Crippen LogP) is 3.40. The van der Waals surface area contributed by atoms with Gasteiger partial charge in [-0.2, -0.15) is 5.26 Å². The van der Waals surface area contributed by atoms with Crippen molar-refractivity contribution in [3.05, 3.63) is 0 Å². The average Bonchev–Trinajstić information content (AvgIpc) is 2.56. The van der Waals surface area contributed by atoms with Crippen molar-refractivity contribution in [2.75, 3.05) is 0 Å². The van der Waals surface area contributed by atoms with Crippen LogP contribution in [0.4, 0.5) is 0 Å². The second-order valence-corrected chi connectivity index (χ2v) is 6.35. The van der Waals surface area contributed by atoms with Crippen LogP contribution in [0.5, 0.6) is 0 Å². The molecule has 0 spiro atoms. The van der Waals surface area contributed by atoms with Crippen molar-refractivity contribution in [1.29, 1.82) is 5.26 Å². The van der Waals surface area contributed by atoms with Gasteiger partial charge in [-0.05, 0) is 37.5 Å². The fraction of sp³-hybridized carbons (Fsp3) is 0.929. The van der Waals surface area contributed by atoms with Crippen LogP contribution < -0.4 is 0 Å². The van der Waals surface area contributed by atoms with Gasteiger partial charge < -0.3 is 5.11 Å². The van der Waals surface area contributed by atoms with Gasteiger partial charge in [0.25, 0.3) is 0 Å². The van der Waals surface area contributed by atoms with Gasteiger partial charge >= 0.3 is 0 Å². The van der Waals surface area contributed by atoms with E-state index in [4.69, 9.17) is 0 Å². The Morgan fingerprint density at radius 2 is 1.56 bits per heavy atom. The molecular formula is C14H23NO. The molecule has 0 saturated heterocycles. The van der Waals surface area contributed by atoms with Crippen LogP contribution in [0.15, 0.2) is 0 Å². The highest BCUT2D eigenvalue weighted by molar-refractivity contribution is 5.18. The van der Waals surface area contributed by atoms with Crippen molar-refractivity contribution < 1.29 is 5.11 Å². The Morgan fingerprint density at radius 3 is 2.00 bits per heavy atom. The third kappa shape index (κ3) is 1.41. The fourth-order valence-electron chi connectivity index (χ4n) is 3.99. The van der Waals surface area contributed by atoms with Crippen LogP contribution in [0, 0.1) is 22.2 Å². The summed E-state index contributed by atoms with van der Waals surface area (Å²) in [6.07, 6.45) is 8.14. The lowest BCUT2D eigenvalue weighted by molar-refractivity contribution is -0.133. The Bertz CT molecular complexity index is 309. The molecule has 2 nitrogen and oxygen atoms in total. The molecule has 0 amide bonds. The van der Waals surface area contributed by atoms with Crippen LogP contribution in [0.1, 0.15) is 65.2 Å². The molecule has 2 heteroatoms. The lowest BCUT2D eigenvalue weighted by atomic mass is 9.56. The zero-order chi connectivity index (χ0) is 11.9. The predicted molar refractivity (Wildman–Crippen MR) is 63.7 cm³/mol. The molecule has 2 fully saturated rings. The molecule has 2 aliphatic rings. The van der Waals surface area contributed by atoms with Gasteiger partial charge in [-0.15, -0.1) is 0 Å². The molecule has 16 heavy (non-hydrogen) atoms. The zero-order valence-corrected chi connectivity index (χ0v) is 10.6. The molecule has 1 unspecified atom stereocenters. The highest BCUT2D eigenvalue weighted by Gasteiger charge is 2.60. The fourth-order valence-corrected chi connectivity index (χ4v) is 3.99. The van der Waals surface area contributed by atoms with Crippen LogP contribution in [0.2, 0.25) is 0 Å². The maximum Gasteiger partial charge on any atom is 0.0883 e. The molecule has 2 aliphatic carbocycles. The van der Waals surface area contributed by atoms with Crippen LogP contribution >= 0.6 is 0 Å². The normalized spacial score (nSPS) is 36.9. The first-order valence-electron chi connectivity index (χ1n) is 6.61. The molecule has 0 aromatic carbocycles. The van der Waals surface area contributed by atoms with Crippen molar-refractivity contribution in [3.63, 3.8) is 0 Å². The van der Waals surface area contributed by atoms with E-state index < -0.39 is 11.0 Å². The van der Waals surface area contributed by atoms with E-state index in [1.807, 2.05) is 0 Å². The van der Waals surface area contributed by atoms with Crippen molar-refractivity contribution in [1.82, 2.24) is 0 Å². The average molecular weight is 221 g/mol. The quantitative estimate of drug-likeness (QED) is 0.737. The van der Waals surface area contributed by atoms with Gasteiger partial charge in [0, 0.05) is 0 Å². The largest absolute Gasteiger partial charge is 0.388 e. The summed E-state index contributed by atoms with van der Waals surface area (Å²) >= 11 is 0. The molecular weight excluding hydrogens is 198 g/mol. The van der Waals surface area contributed by atoms with E-state index in [1.165, 1.54) is 6.42 Å². The highest BCUT2D eigenvalue weighted by Crippen LogP contribution is 2.59. The Balaban J connectivity index is 2.37. The zero-order valence-electron chi connectivity index (χ0n) is 10.6. The lowest BCUT2D eigenvalue weighted by Gasteiger charge is -2.50. The summed E-state index contributed by atoms with van der Waals surface area (Å²) in [6.45, 7) is 4.27. The van der Waals surface area contributed by atoms with Gasteiger partial charge in [0.05, 0.1) is 17.1 Å². The van der Waals surface area contributed by atoms with Gasteiger partial charge in [-0.25, -0.2) is 0 Å². The molecule has 0 radical (unpaired) electrons. The van der Waals surface area contributed by atoms with E-state index in [2.05, 4.69) is 19.9 Å². The van der Waals surface area contributed by atoms with Gasteiger partial charge in [0.2, 0.25) is 0 Å². The molecule has 90 valence electrons. The second-order valence-electron chi connectivity index (χ2n) is 6.35. The summed E-state index contributed by atoms with van der Waals surface area (Å²) in [7, 11) is 0. The molecule has 1 N–H and O–H groups in total. The van der Waals surface area contributed by atoms with E-state index >= 15 is 0 Å². The summed E-state index contributed by atoms with van der Waals surface area (Å²) in [4.78, 5) is 0. The van der Waals surface area contributed by atoms with Gasteiger partial charge in [0.15, 0.2) is 0 Å². The maximum atomic E-state index is 11.1. The summed E-state index contributed by atoms with van der Waals surface area (Å²) < 4.78 is 0. The van der Waals surface area contributed by atoms with Crippen LogP contribution in [0.25, 0.3) is 0 Å². The van der Waals surface area contributed by atoms with Crippen LogP contribution in [-0.4, -0.2) is 10.7 Å². The van der Waals surface area contributed by atoms with Gasteiger partial charge in [-0.3, -0.25) is 0 Å². The smallest absolute Gasteiger partial charge is 0.0883 e. The minimum absolute atomic E-state index is 0.0972. The molecule has 0 aromatic heterocycles. The number of hydrogen-bond donors (Lipinski definition) is 1. The summed E-state index contributed by atoms with van der Waals surface area (Å²) in [6, 6.07) is 2.51. The Labute approximate surface area is 98.7 Å². The van der Waals surface area contributed by atoms with E-state index in [9.17, 15) is 10.4 Å². The minimum Gasteiger partial charge on any atom is -0.388 e. The summed E-state index contributed by atoms with van der Waals surface area (Å²) in [5.74, 6) is 0. The van der Waals surface area contributed by atoms with Crippen LogP contribution in [-0.2, 0) is 0 Å². The van der Waals surface area contributed by atoms with E-state index in [0.29, 0.717) is 0 Å². The highest BCUT2D eigenvalue weighted by atomic mass is 16.3. The SMILES string of the molecule is CC1(C)CCCC1(O)C1(C#N)CCCCC1. The lowest BCUT2D eigenvalue weighted by Crippen LogP contribution is -2.55.